The largest absolute Gasteiger partial charge is 0.365 e. The van der Waals surface area contributed by atoms with Gasteiger partial charge >= 0.3 is 0 Å². The van der Waals surface area contributed by atoms with Crippen LogP contribution < -0.4 is 16.4 Å². The van der Waals surface area contributed by atoms with Crippen LogP contribution in [0.2, 0.25) is 0 Å². The van der Waals surface area contributed by atoms with Crippen LogP contribution in [0.3, 0.4) is 0 Å². The molecule has 1 fully saturated rings. The summed E-state index contributed by atoms with van der Waals surface area (Å²) >= 11 is 0. The summed E-state index contributed by atoms with van der Waals surface area (Å²) in [5, 5.41) is 19.8. The van der Waals surface area contributed by atoms with Gasteiger partial charge in [-0.25, -0.2) is 4.39 Å². The normalized spacial score (nSPS) is 20.3. The van der Waals surface area contributed by atoms with Crippen LogP contribution in [0.1, 0.15) is 22.8 Å². The molecule has 0 spiro atoms. The zero-order valence-corrected chi connectivity index (χ0v) is 12.9. The minimum Gasteiger partial charge on any atom is -0.365 e. The van der Waals surface area contributed by atoms with Crippen molar-refractivity contribution in [1.82, 2.24) is 15.1 Å². The molecule has 24 heavy (non-hydrogen) atoms. The smallest absolute Gasteiger partial charge is 0.254 e. The topological polar surface area (TPSA) is 109 Å². The second kappa shape index (κ2) is 6.68. The molecule has 4 N–H and O–H groups in total. The van der Waals surface area contributed by atoms with Crippen LogP contribution in [0.15, 0.2) is 30.5 Å². The number of nitrogens with zero attached hydrogens (tertiary/aromatic N) is 3. The number of nitrogens with two attached hydrogens (primary N) is 1. The Morgan fingerprint density at radius 2 is 2.21 bits per heavy atom. The van der Waals surface area contributed by atoms with Crippen LogP contribution >= 0.6 is 0 Å². The molecular weight excluding hydrogens is 311 g/mol. The second-order valence-electron chi connectivity index (χ2n) is 5.66. The molecule has 8 heteroatoms. The van der Waals surface area contributed by atoms with Gasteiger partial charge < -0.3 is 16.4 Å². The molecule has 1 aliphatic heterocycles. The Morgan fingerprint density at radius 1 is 1.46 bits per heavy atom. The summed E-state index contributed by atoms with van der Waals surface area (Å²) in [6.45, 7) is 1.35. The van der Waals surface area contributed by atoms with Crippen LogP contribution in [0.5, 0.6) is 0 Å². The van der Waals surface area contributed by atoms with Crippen LogP contribution in [0, 0.1) is 23.1 Å². The van der Waals surface area contributed by atoms with Crippen LogP contribution in [-0.2, 0) is 0 Å². The van der Waals surface area contributed by atoms with Crippen molar-refractivity contribution in [3.05, 3.63) is 41.8 Å². The monoisotopic (exact) mass is 328 g/mol. The Balaban J connectivity index is 1.91. The lowest BCUT2D eigenvalue weighted by Crippen LogP contribution is -2.37. The maximum Gasteiger partial charge on any atom is 0.254 e. The Morgan fingerprint density at radius 3 is 2.88 bits per heavy atom. The number of rotatable bonds is 4. The summed E-state index contributed by atoms with van der Waals surface area (Å²) in [4.78, 5) is 11.7. The lowest BCUT2D eigenvalue weighted by atomic mass is 9.95. The lowest BCUT2D eigenvalue weighted by Gasteiger charge is -2.27. The summed E-state index contributed by atoms with van der Waals surface area (Å²) in [6.07, 6.45) is 2.29. The van der Waals surface area contributed by atoms with Gasteiger partial charge in [0.2, 0.25) is 0 Å². The van der Waals surface area contributed by atoms with Crippen molar-refractivity contribution in [3.8, 4) is 6.07 Å². The number of anilines is 2. The average Bonchev–Trinajstić information content (AvgIpc) is 3.01. The predicted molar refractivity (Wildman–Crippen MR) is 86.1 cm³/mol. The summed E-state index contributed by atoms with van der Waals surface area (Å²) in [5.41, 5.74) is 6.25. The Labute approximate surface area is 138 Å². The first kappa shape index (κ1) is 16.0. The number of hydrogen-bond acceptors (Lipinski definition) is 5. The van der Waals surface area contributed by atoms with Gasteiger partial charge in [-0.15, -0.1) is 0 Å². The third kappa shape index (κ3) is 3.21. The number of piperidine rings is 1. The molecule has 0 bridgehead atoms. The molecule has 7 nitrogen and oxygen atoms in total. The van der Waals surface area contributed by atoms with E-state index in [2.05, 4.69) is 21.8 Å². The first-order valence-electron chi connectivity index (χ1n) is 7.60. The number of aromatic nitrogens is 2. The van der Waals surface area contributed by atoms with E-state index >= 15 is 0 Å². The van der Waals surface area contributed by atoms with E-state index in [4.69, 9.17) is 5.73 Å². The predicted octanol–water partition coefficient (Wildman–Crippen LogP) is 1.54. The van der Waals surface area contributed by atoms with Gasteiger partial charge in [0.1, 0.15) is 11.4 Å². The van der Waals surface area contributed by atoms with Crippen molar-refractivity contribution in [2.24, 2.45) is 11.7 Å². The molecule has 0 radical (unpaired) electrons. The number of amides is 1. The molecule has 1 amide bonds. The molecule has 1 aromatic carbocycles. The fourth-order valence-corrected chi connectivity index (χ4v) is 2.80. The van der Waals surface area contributed by atoms with E-state index in [1.165, 1.54) is 12.1 Å². The summed E-state index contributed by atoms with van der Waals surface area (Å²) < 4.78 is 14.6. The molecule has 124 valence electrons. The molecular formula is C16H17FN6O. The molecule has 2 aromatic rings. The number of nitriles is 1. The molecule has 1 aliphatic rings. The SMILES string of the molecule is N#CC1CNCCC1n1cc(C(N)=O)c(Nc2ccc(F)cc2)n1. The summed E-state index contributed by atoms with van der Waals surface area (Å²) in [7, 11) is 0. The Hall–Kier alpha value is -2.92. The van der Waals surface area contributed by atoms with Crippen molar-refractivity contribution in [2.75, 3.05) is 18.4 Å². The highest BCUT2D eigenvalue weighted by molar-refractivity contribution is 5.98. The molecule has 1 saturated heterocycles. The minimum atomic E-state index is -0.617. The van der Waals surface area contributed by atoms with Gasteiger partial charge in [-0.05, 0) is 37.2 Å². The Bertz CT molecular complexity index is 779. The van der Waals surface area contributed by atoms with Crippen molar-refractivity contribution < 1.29 is 9.18 Å². The number of carbonyl (C=O) groups excluding carboxylic acids is 1. The van der Waals surface area contributed by atoms with Crippen molar-refractivity contribution in [3.63, 3.8) is 0 Å². The summed E-state index contributed by atoms with van der Waals surface area (Å²) in [5.74, 6) is -0.913. The number of benzene rings is 1. The number of hydrogen-bond donors (Lipinski definition) is 3. The number of nitrogens with one attached hydrogen (secondary N) is 2. The van der Waals surface area contributed by atoms with Crippen molar-refractivity contribution in [1.29, 1.82) is 5.26 Å². The van der Waals surface area contributed by atoms with Crippen molar-refractivity contribution >= 4 is 17.4 Å². The number of halogens is 1. The first-order chi connectivity index (χ1) is 11.6. The van der Waals surface area contributed by atoms with Crippen LogP contribution in [0.4, 0.5) is 15.9 Å². The average molecular weight is 328 g/mol. The van der Waals surface area contributed by atoms with Gasteiger partial charge in [0.15, 0.2) is 5.82 Å². The highest BCUT2D eigenvalue weighted by atomic mass is 19.1. The highest BCUT2D eigenvalue weighted by Gasteiger charge is 2.28. The Kier molecular flexibility index (Phi) is 4.44. The van der Waals surface area contributed by atoms with Gasteiger partial charge in [0, 0.05) is 18.4 Å². The van der Waals surface area contributed by atoms with E-state index in [1.54, 1.807) is 23.0 Å². The summed E-state index contributed by atoms with van der Waals surface area (Å²) in [6, 6.07) is 7.84. The molecule has 2 unspecified atom stereocenters. The van der Waals surface area contributed by atoms with E-state index < -0.39 is 5.91 Å². The number of carbonyl (C=O) groups is 1. The fraction of sp³-hybridized carbons (Fsp3) is 0.312. The molecule has 3 rings (SSSR count). The zero-order chi connectivity index (χ0) is 17.1. The molecule has 0 saturated carbocycles. The number of primary amides is 1. The van der Waals surface area contributed by atoms with Gasteiger partial charge in [0.05, 0.1) is 18.0 Å². The van der Waals surface area contributed by atoms with Crippen LogP contribution in [-0.4, -0.2) is 28.8 Å². The molecule has 0 aliphatic carbocycles. The standard InChI is InChI=1S/C16H17FN6O/c17-11-1-3-12(4-2-11)21-16-13(15(19)24)9-23(22-16)14-5-6-20-8-10(14)7-18/h1-4,9-10,14,20H,5-6,8H2,(H2,19,24)(H,21,22). The van der Waals surface area contributed by atoms with E-state index in [0.29, 0.717) is 18.1 Å². The van der Waals surface area contributed by atoms with E-state index in [0.717, 1.165) is 13.0 Å². The third-order valence-corrected chi connectivity index (χ3v) is 4.06. The first-order valence-corrected chi connectivity index (χ1v) is 7.60. The molecule has 2 atom stereocenters. The zero-order valence-electron chi connectivity index (χ0n) is 12.9. The minimum absolute atomic E-state index is 0.127. The van der Waals surface area contributed by atoms with E-state index in [-0.39, 0.29) is 23.3 Å². The molecule has 2 heterocycles. The van der Waals surface area contributed by atoms with Gasteiger partial charge in [-0.3, -0.25) is 9.48 Å². The third-order valence-electron chi connectivity index (χ3n) is 4.06. The fourth-order valence-electron chi connectivity index (χ4n) is 2.80. The van der Waals surface area contributed by atoms with Gasteiger partial charge in [0.25, 0.3) is 5.91 Å². The van der Waals surface area contributed by atoms with E-state index in [1.807, 2.05) is 0 Å². The van der Waals surface area contributed by atoms with Crippen molar-refractivity contribution in [2.45, 2.75) is 12.5 Å². The maximum atomic E-state index is 13.0. The van der Waals surface area contributed by atoms with Gasteiger partial charge in [-0.2, -0.15) is 10.4 Å². The van der Waals surface area contributed by atoms with Crippen LogP contribution in [0.25, 0.3) is 0 Å². The lowest BCUT2D eigenvalue weighted by molar-refractivity contribution is 0.100. The van der Waals surface area contributed by atoms with Gasteiger partial charge in [-0.1, -0.05) is 0 Å². The van der Waals surface area contributed by atoms with E-state index in [9.17, 15) is 14.4 Å². The quantitative estimate of drug-likeness (QED) is 0.789. The second-order valence-corrected chi connectivity index (χ2v) is 5.66. The highest BCUT2D eigenvalue weighted by Crippen LogP contribution is 2.27. The molecule has 1 aromatic heterocycles. The maximum absolute atomic E-state index is 13.0.